The van der Waals surface area contributed by atoms with E-state index in [1.54, 1.807) is 19.1 Å². The van der Waals surface area contributed by atoms with E-state index in [4.69, 9.17) is 10.2 Å². The smallest absolute Gasteiger partial charge is 0.192 e. The van der Waals surface area contributed by atoms with Crippen LogP contribution in [-0.2, 0) is 4.79 Å². The fourth-order valence-corrected chi connectivity index (χ4v) is 1.48. The van der Waals surface area contributed by atoms with Crippen molar-refractivity contribution in [2.45, 2.75) is 19.9 Å². The number of carbonyl (C=O) groups is 1. The van der Waals surface area contributed by atoms with Crippen LogP contribution in [0.3, 0.4) is 0 Å². The number of rotatable bonds is 2. The highest BCUT2D eigenvalue weighted by atomic mass is 16.3. The van der Waals surface area contributed by atoms with E-state index in [1.807, 2.05) is 6.07 Å². The summed E-state index contributed by atoms with van der Waals surface area (Å²) in [6.45, 7) is 3.26. The summed E-state index contributed by atoms with van der Waals surface area (Å²) in [6, 6.07) is 4.79. The molecule has 0 amide bonds. The van der Waals surface area contributed by atoms with E-state index in [0.29, 0.717) is 11.5 Å². The van der Waals surface area contributed by atoms with Crippen LogP contribution in [0.5, 0.6) is 0 Å². The van der Waals surface area contributed by atoms with Crippen molar-refractivity contribution in [2.75, 3.05) is 0 Å². The molecule has 0 radical (unpaired) electrons. The van der Waals surface area contributed by atoms with E-state index in [0.717, 1.165) is 11.1 Å². The normalized spacial score (nSPS) is 13.0. The third-order valence-corrected chi connectivity index (χ3v) is 2.32. The van der Waals surface area contributed by atoms with Crippen molar-refractivity contribution >= 4 is 16.9 Å². The second-order valence-corrected chi connectivity index (χ2v) is 3.55. The predicted octanol–water partition coefficient (Wildman–Crippen LogP) is 1.73. The Bertz CT molecular complexity index is 516. The topological polar surface area (TPSA) is 69.1 Å². The minimum atomic E-state index is -0.584. The van der Waals surface area contributed by atoms with Crippen molar-refractivity contribution in [3.05, 3.63) is 29.7 Å². The van der Waals surface area contributed by atoms with Gasteiger partial charge >= 0.3 is 0 Å². The molecule has 0 spiro atoms. The van der Waals surface area contributed by atoms with Gasteiger partial charge in [0.15, 0.2) is 17.3 Å². The fourth-order valence-electron chi connectivity index (χ4n) is 1.48. The van der Waals surface area contributed by atoms with Crippen LogP contribution >= 0.6 is 0 Å². The number of fused-ring (bicyclic) bond motifs is 1. The number of nitrogens with two attached hydrogens (primary N) is 1. The van der Waals surface area contributed by atoms with Gasteiger partial charge in [-0.3, -0.25) is 4.79 Å². The third kappa shape index (κ3) is 1.76. The summed E-state index contributed by atoms with van der Waals surface area (Å²) in [5.41, 5.74) is 7.93. The van der Waals surface area contributed by atoms with E-state index < -0.39 is 6.04 Å². The standard InChI is InChI=1S/C11H12N2O2/c1-6(14)11(12)8-3-4-9-10(5-8)15-7(2)13-9/h3-5,11H,12H2,1-2H3. The Labute approximate surface area is 87.1 Å². The molecule has 0 aliphatic heterocycles. The first-order valence-corrected chi connectivity index (χ1v) is 4.71. The molecule has 15 heavy (non-hydrogen) atoms. The number of nitrogens with zero attached hydrogens (tertiary/aromatic N) is 1. The van der Waals surface area contributed by atoms with Gasteiger partial charge in [0.1, 0.15) is 5.52 Å². The van der Waals surface area contributed by atoms with Crippen molar-refractivity contribution in [1.82, 2.24) is 4.98 Å². The summed E-state index contributed by atoms with van der Waals surface area (Å²) in [6.07, 6.45) is 0. The molecule has 4 nitrogen and oxygen atoms in total. The zero-order valence-corrected chi connectivity index (χ0v) is 8.65. The summed E-state index contributed by atoms with van der Waals surface area (Å²) in [4.78, 5) is 15.3. The molecule has 2 N–H and O–H groups in total. The van der Waals surface area contributed by atoms with Gasteiger partial charge in [-0.15, -0.1) is 0 Å². The highest BCUT2D eigenvalue weighted by molar-refractivity contribution is 5.84. The Morgan fingerprint density at radius 3 is 2.93 bits per heavy atom. The van der Waals surface area contributed by atoms with Crippen LogP contribution < -0.4 is 5.73 Å². The Hall–Kier alpha value is -1.68. The number of hydrogen-bond acceptors (Lipinski definition) is 4. The maximum atomic E-state index is 11.1. The largest absolute Gasteiger partial charge is 0.441 e. The number of ketones is 1. The minimum Gasteiger partial charge on any atom is -0.441 e. The van der Waals surface area contributed by atoms with Gasteiger partial charge in [-0.25, -0.2) is 4.98 Å². The predicted molar refractivity (Wildman–Crippen MR) is 56.4 cm³/mol. The number of oxazole rings is 1. The number of carbonyl (C=O) groups excluding carboxylic acids is 1. The molecule has 0 bridgehead atoms. The van der Waals surface area contributed by atoms with Gasteiger partial charge < -0.3 is 10.2 Å². The molecule has 1 unspecified atom stereocenters. The van der Waals surface area contributed by atoms with Crippen LogP contribution in [0, 0.1) is 6.92 Å². The number of aryl methyl sites for hydroxylation is 1. The molecule has 0 aliphatic rings. The fraction of sp³-hybridized carbons (Fsp3) is 0.273. The van der Waals surface area contributed by atoms with Gasteiger partial charge in [0.05, 0.1) is 6.04 Å². The van der Waals surface area contributed by atoms with E-state index in [1.165, 1.54) is 6.92 Å². The number of Topliss-reactive ketones (excluding diaryl/α,β-unsaturated/α-hetero) is 1. The van der Waals surface area contributed by atoms with Gasteiger partial charge in [-0.1, -0.05) is 6.07 Å². The second-order valence-electron chi connectivity index (χ2n) is 3.55. The maximum absolute atomic E-state index is 11.1. The zero-order valence-electron chi connectivity index (χ0n) is 8.65. The molecule has 1 aromatic carbocycles. The Kier molecular flexibility index (Phi) is 2.28. The Balaban J connectivity index is 2.50. The van der Waals surface area contributed by atoms with Gasteiger partial charge in [-0.2, -0.15) is 0 Å². The lowest BCUT2D eigenvalue weighted by atomic mass is 10.0. The van der Waals surface area contributed by atoms with Gasteiger partial charge in [0.25, 0.3) is 0 Å². The molecule has 4 heteroatoms. The summed E-state index contributed by atoms with van der Waals surface area (Å²) < 4.78 is 5.36. The minimum absolute atomic E-state index is 0.0643. The Morgan fingerprint density at radius 1 is 1.53 bits per heavy atom. The lowest BCUT2D eigenvalue weighted by Crippen LogP contribution is -2.18. The van der Waals surface area contributed by atoms with Crippen molar-refractivity contribution in [3.63, 3.8) is 0 Å². The SMILES string of the molecule is CC(=O)C(N)c1ccc2nc(C)oc2c1. The summed E-state index contributed by atoms with van der Waals surface area (Å²) >= 11 is 0. The molecule has 0 fully saturated rings. The first kappa shape index (κ1) is 9.86. The number of hydrogen-bond donors (Lipinski definition) is 1. The van der Waals surface area contributed by atoms with E-state index in [9.17, 15) is 4.79 Å². The van der Waals surface area contributed by atoms with Gasteiger partial charge in [-0.05, 0) is 24.6 Å². The first-order chi connectivity index (χ1) is 7.08. The summed E-state index contributed by atoms with van der Waals surface area (Å²) in [5, 5.41) is 0. The van der Waals surface area contributed by atoms with Crippen molar-refractivity contribution < 1.29 is 9.21 Å². The molecule has 78 valence electrons. The molecule has 2 rings (SSSR count). The quantitative estimate of drug-likeness (QED) is 0.808. The van der Waals surface area contributed by atoms with E-state index >= 15 is 0 Å². The molecule has 1 heterocycles. The number of aromatic nitrogens is 1. The molecule has 0 aliphatic carbocycles. The summed E-state index contributed by atoms with van der Waals surface area (Å²) in [7, 11) is 0. The average Bonchev–Trinajstić information content (AvgIpc) is 2.55. The van der Waals surface area contributed by atoms with Crippen LogP contribution in [0.1, 0.15) is 24.4 Å². The van der Waals surface area contributed by atoms with E-state index in [2.05, 4.69) is 4.98 Å². The lowest BCUT2D eigenvalue weighted by Gasteiger charge is -2.06. The van der Waals surface area contributed by atoms with Crippen LogP contribution in [0.25, 0.3) is 11.1 Å². The summed E-state index contributed by atoms with van der Waals surface area (Å²) in [5.74, 6) is 0.545. The van der Waals surface area contributed by atoms with Crippen LogP contribution in [0.4, 0.5) is 0 Å². The molecular formula is C11H12N2O2. The molecule has 0 saturated carbocycles. The molecule has 1 atom stereocenters. The van der Waals surface area contributed by atoms with E-state index in [-0.39, 0.29) is 5.78 Å². The van der Waals surface area contributed by atoms with Crippen molar-refractivity contribution in [2.24, 2.45) is 5.73 Å². The van der Waals surface area contributed by atoms with Gasteiger partial charge in [0.2, 0.25) is 0 Å². The molecule has 0 saturated heterocycles. The molecular weight excluding hydrogens is 192 g/mol. The lowest BCUT2D eigenvalue weighted by molar-refractivity contribution is -0.118. The van der Waals surface area contributed by atoms with Crippen molar-refractivity contribution in [1.29, 1.82) is 0 Å². The third-order valence-electron chi connectivity index (χ3n) is 2.32. The molecule has 2 aromatic rings. The first-order valence-electron chi connectivity index (χ1n) is 4.71. The van der Waals surface area contributed by atoms with Gasteiger partial charge in [0, 0.05) is 6.92 Å². The van der Waals surface area contributed by atoms with Crippen LogP contribution in [0.15, 0.2) is 22.6 Å². The number of benzene rings is 1. The van der Waals surface area contributed by atoms with Crippen LogP contribution in [-0.4, -0.2) is 10.8 Å². The highest BCUT2D eigenvalue weighted by Gasteiger charge is 2.12. The molecule has 1 aromatic heterocycles. The zero-order chi connectivity index (χ0) is 11.0. The highest BCUT2D eigenvalue weighted by Crippen LogP contribution is 2.20. The van der Waals surface area contributed by atoms with Crippen molar-refractivity contribution in [3.8, 4) is 0 Å². The Morgan fingerprint density at radius 2 is 2.27 bits per heavy atom. The average molecular weight is 204 g/mol. The van der Waals surface area contributed by atoms with Crippen LogP contribution in [0.2, 0.25) is 0 Å². The maximum Gasteiger partial charge on any atom is 0.192 e. The second kappa shape index (κ2) is 3.47. The monoisotopic (exact) mass is 204 g/mol.